The minimum atomic E-state index is -0.441. The minimum absolute atomic E-state index is 0.108. The first-order valence-corrected chi connectivity index (χ1v) is 3.79. The maximum atomic E-state index is 10.9. The Hall–Kier alpha value is -0.990. The third kappa shape index (κ3) is 1.37. The van der Waals surface area contributed by atoms with Gasteiger partial charge < -0.3 is 9.84 Å². The van der Waals surface area contributed by atoms with Gasteiger partial charge in [0.05, 0.1) is 5.57 Å². The largest absolute Gasteiger partial charge is 0.508 e. The first-order valence-electron chi connectivity index (χ1n) is 3.79. The summed E-state index contributed by atoms with van der Waals surface area (Å²) in [6.45, 7) is 3.62. The Balaban J connectivity index is 2.79. The lowest BCUT2D eigenvalue weighted by atomic mass is 10.1. The van der Waals surface area contributed by atoms with Gasteiger partial charge in [0.25, 0.3) is 0 Å². The lowest BCUT2D eigenvalue weighted by molar-refractivity contribution is -0.139. The van der Waals surface area contributed by atoms with Gasteiger partial charge in [0.1, 0.15) is 5.76 Å². The van der Waals surface area contributed by atoms with Gasteiger partial charge in [0, 0.05) is 0 Å². The van der Waals surface area contributed by atoms with Gasteiger partial charge in [-0.3, -0.25) is 0 Å². The summed E-state index contributed by atoms with van der Waals surface area (Å²) < 4.78 is 4.78. The van der Waals surface area contributed by atoms with Crippen LogP contribution in [0.2, 0.25) is 0 Å². The van der Waals surface area contributed by atoms with Crippen LogP contribution < -0.4 is 0 Å². The molecule has 0 saturated carbocycles. The van der Waals surface area contributed by atoms with Gasteiger partial charge in [-0.15, -0.1) is 0 Å². The molecule has 0 aliphatic carbocycles. The molecule has 3 nitrogen and oxygen atoms in total. The summed E-state index contributed by atoms with van der Waals surface area (Å²) in [6, 6.07) is 0. The molecule has 0 aromatic carbocycles. The highest BCUT2D eigenvalue weighted by molar-refractivity contribution is 5.91. The van der Waals surface area contributed by atoms with E-state index in [1.54, 1.807) is 6.92 Å². The highest BCUT2D eigenvalue weighted by Crippen LogP contribution is 2.23. The predicted molar refractivity (Wildman–Crippen MR) is 40.1 cm³/mol. The molecule has 0 radical (unpaired) electrons. The number of aliphatic hydroxyl groups excluding tert-OH is 1. The van der Waals surface area contributed by atoms with Crippen LogP contribution in [0.5, 0.6) is 0 Å². The van der Waals surface area contributed by atoms with Crippen LogP contribution in [0.25, 0.3) is 0 Å². The summed E-state index contributed by atoms with van der Waals surface area (Å²) >= 11 is 0. The second kappa shape index (κ2) is 2.95. The third-order valence-electron chi connectivity index (χ3n) is 1.72. The van der Waals surface area contributed by atoms with Crippen molar-refractivity contribution in [3.8, 4) is 0 Å². The van der Waals surface area contributed by atoms with E-state index in [1.165, 1.54) is 0 Å². The molecule has 0 bridgehead atoms. The van der Waals surface area contributed by atoms with Crippen molar-refractivity contribution in [1.29, 1.82) is 0 Å². The van der Waals surface area contributed by atoms with Crippen molar-refractivity contribution in [2.45, 2.75) is 32.8 Å². The molecule has 0 spiro atoms. The molecule has 3 heteroatoms. The molecule has 0 saturated heterocycles. The molecule has 1 rings (SSSR count). The fourth-order valence-electron chi connectivity index (χ4n) is 1.12. The van der Waals surface area contributed by atoms with Crippen LogP contribution in [0.4, 0.5) is 0 Å². The van der Waals surface area contributed by atoms with Gasteiger partial charge in [-0.25, -0.2) is 4.79 Å². The molecule has 0 aromatic rings. The molecule has 1 aliphatic heterocycles. The molecule has 0 unspecified atom stereocenters. The highest BCUT2D eigenvalue weighted by Gasteiger charge is 2.29. The van der Waals surface area contributed by atoms with Crippen LogP contribution in [0.1, 0.15) is 26.7 Å². The lowest BCUT2D eigenvalue weighted by Crippen LogP contribution is -2.05. The number of aliphatic hydroxyl groups is 1. The van der Waals surface area contributed by atoms with Gasteiger partial charge in [0.2, 0.25) is 0 Å². The van der Waals surface area contributed by atoms with Gasteiger partial charge >= 0.3 is 5.97 Å². The topological polar surface area (TPSA) is 46.5 Å². The van der Waals surface area contributed by atoms with Crippen molar-refractivity contribution < 1.29 is 14.6 Å². The Kier molecular flexibility index (Phi) is 2.17. The number of hydrogen-bond donors (Lipinski definition) is 1. The monoisotopic (exact) mass is 156 g/mol. The van der Waals surface area contributed by atoms with E-state index in [1.807, 2.05) is 6.92 Å². The lowest BCUT2D eigenvalue weighted by Gasteiger charge is -1.99. The Morgan fingerprint density at radius 1 is 1.64 bits per heavy atom. The van der Waals surface area contributed by atoms with E-state index in [0.29, 0.717) is 12.0 Å². The van der Waals surface area contributed by atoms with Gasteiger partial charge in [-0.1, -0.05) is 13.3 Å². The molecule has 1 N–H and O–H groups in total. The van der Waals surface area contributed by atoms with Crippen molar-refractivity contribution >= 4 is 5.97 Å². The second-order valence-electron chi connectivity index (χ2n) is 2.66. The predicted octanol–water partition coefficient (Wildman–Crippen LogP) is 1.54. The standard InChI is InChI=1S/C8H12O3/c1-3-4-6-7(9)5(2)11-8(6)10/h5,9H,3-4H2,1-2H3/t5-/m0/s1. The van der Waals surface area contributed by atoms with Crippen LogP contribution >= 0.6 is 0 Å². The maximum Gasteiger partial charge on any atom is 0.338 e. The molecular formula is C8H12O3. The van der Waals surface area contributed by atoms with Gasteiger partial charge in [-0.05, 0) is 13.3 Å². The smallest absolute Gasteiger partial charge is 0.338 e. The SMILES string of the molecule is CCCC1=C(O)[C@H](C)OC1=O. The molecular weight excluding hydrogens is 144 g/mol. The third-order valence-corrected chi connectivity index (χ3v) is 1.72. The first kappa shape index (κ1) is 8.11. The van der Waals surface area contributed by atoms with E-state index in [9.17, 15) is 9.90 Å². The summed E-state index contributed by atoms with van der Waals surface area (Å²) in [6.07, 6.45) is 1.01. The summed E-state index contributed by atoms with van der Waals surface area (Å²) in [7, 11) is 0. The summed E-state index contributed by atoms with van der Waals surface area (Å²) in [5, 5.41) is 9.29. The van der Waals surface area contributed by atoms with E-state index >= 15 is 0 Å². The van der Waals surface area contributed by atoms with Crippen molar-refractivity contribution in [1.82, 2.24) is 0 Å². The van der Waals surface area contributed by atoms with E-state index in [-0.39, 0.29) is 11.7 Å². The van der Waals surface area contributed by atoms with E-state index in [2.05, 4.69) is 0 Å². The van der Waals surface area contributed by atoms with Gasteiger partial charge in [-0.2, -0.15) is 0 Å². The molecule has 0 fully saturated rings. The second-order valence-corrected chi connectivity index (χ2v) is 2.66. The molecule has 1 heterocycles. The number of hydrogen-bond acceptors (Lipinski definition) is 3. The molecule has 0 amide bonds. The summed E-state index contributed by atoms with van der Waals surface area (Å²) in [4.78, 5) is 10.9. The minimum Gasteiger partial charge on any atom is -0.508 e. The van der Waals surface area contributed by atoms with Crippen molar-refractivity contribution in [2.75, 3.05) is 0 Å². The average molecular weight is 156 g/mol. The number of ether oxygens (including phenoxy) is 1. The number of rotatable bonds is 2. The number of carbonyl (C=O) groups excluding carboxylic acids is 1. The van der Waals surface area contributed by atoms with Crippen LogP contribution in [-0.4, -0.2) is 17.2 Å². The number of cyclic esters (lactones) is 1. The quantitative estimate of drug-likeness (QED) is 0.617. The first-order chi connectivity index (χ1) is 5.16. The van der Waals surface area contributed by atoms with Crippen LogP contribution in [-0.2, 0) is 9.53 Å². The normalized spacial score (nSPS) is 24.2. The van der Waals surface area contributed by atoms with Crippen molar-refractivity contribution in [3.63, 3.8) is 0 Å². The summed E-state index contributed by atoms with van der Waals surface area (Å²) in [5.41, 5.74) is 0.444. The van der Waals surface area contributed by atoms with Crippen LogP contribution in [0.15, 0.2) is 11.3 Å². The zero-order valence-corrected chi connectivity index (χ0v) is 6.76. The number of esters is 1. The zero-order chi connectivity index (χ0) is 8.43. The van der Waals surface area contributed by atoms with E-state index < -0.39 is 6.10 Å². The molecule has 11 heavy (non-hydrogen) atoms. The fourth-order valence-corrected chi connectivity index (χ4v) is 1.12. The fraction of sp³-hybridized carbons (Fsp3) is 0.625. The molecule has 62 valence electrons. The Bertz CT molecular complexity index is 205. The van der Waals surface area contributed by atoms with Crippen molar-refractivity contribution in [3.05, 3.63) is 11.3 Å². The Morgan fingerprint density at radius 2 is 2.27 bits per heavy atom. The Morgan fingerprint density at radius 3 is 2.64 bits per heavy atom. The van der Waals surface area contributed by atoms with Gasteiger partial charge in [0.15, 0.2) is 6.10 Å². The van der Waals surface area contributed by atoms with Crippen LogP contribution in [0, 0.1) is 0 Å². The van der Waals surface area contributed by atoms with E-state index in [0.717, 1.165) is 6.42 Å². The molecule has 1 atom stereocenters. The van der Waals surface area contributed by atoms with E-state index in [4.69, 9.17) is 4.74 Å². The number of carbonyl (C=O) groups is 1. The molecule has 1 aliphatic rings. The summed E-state index contributed by atoms with van der Waals surface area (Å²) in [5.74, 6) is -0.256. The zero-order valence-electron chi connectivity index (χ0n) is 6.76. The highest BCUT2D eigenvalue weighted by atomic mass is 16.6. The average Bonchev–Trinajstić information content (AvgIpc) is 2.17. The maximum absolute atomic E-state index is 10.9. The van der Waals surface area contributed by atoms with Crippen molar-refractivity contribution in [2.24, 2.45) is 0 Å². The van der Waals surface area contributed by atoms with Crippen LogP contribution in [0.3, 0.4) is 0 Å². The molecule has 0 aromatic heterocycles. The Labute approximate surface area is 65.7 Å².